The smallest absolute Gasteiger partial charge is 0.161 e. The molecule has 3 rings (SSSR count). The highest BCUT2D eigenvalue weighted by atomic mass is 15.0. The van der Waals surface area contributed by atoms with E-state index in [1.54, 1.807) is 24.7 Å². The van der Waals surface area contributed by atoms with Crippen molar-refractivity contribution in [2.24, 2.45) is 0 Å². The van der Waals surface area contributed by atoms with E-state index in [1.807, 2.05) is 24.3 Å². The molecule has 6 nitrogen and oxygen atoms in total. The van der Waals surface area contributed by atoms with Gasteiger partial charge in [0, 0.05) is 41.6 Å². The molecule has 0 saturated heterocycles. The first-order valence-electron chi connectivity index (χ1n) is 7.47. The van der Waals surface area contributed by atoms with Gasteiger partial charge < -0.3 is 11.1 Å². The van der Waals surface area contributed by atoms with Crippen molar-refractivity contribution >= 4 is 11.5 Å². The number of hydrogen-bond donors (Lipinski definition) is 2. The molecule has 6 heteroatoms. The van der Waals surface area contributed by atoms with Gasteiger partial charge in [0.2, 0.25) is 0 Å². The van der Waals surface area contributed by atoms with Crippen LogP contribution in [0.15, 0.2) is 48.9 Å². The number of nitrogen functional groups attached to an aromatic ring is 1. The van der Waals surface area contributed by atoms with Gasteiger partial charge in [-0.2, -0.15) is 0 Å². The normalized spacial score (nSPS) is 10.5. The highest BCUT2D eigenvalue weighted by molar-refractivity contribution is 5.56. The van der Waals surface area contributed by atoms with E-state index in [0.29, 0.717) is 18.1 Å². The molecule has 0 saturated carbocycles. The minimum absolute atomic E-state index is 0.557. The van der Waals surface area contributed by atoms with Crippen LogP contribution in [0.2, 0.25) is 0 Å². The summed E-state index contributed by atoms with van der Waals surface area (Å²) in [5, 5.41) is 3.29. The standard InChI is InChI=1S/C17H18N6/c1-2-14-10-16(21-11-15-9-13(18)5-8-20-15)23-17(22-14)12-3-6-19-7-4-12/h3-10H,2,11H2,1H3,(H2,18,20)(H,21,22,23). The third-order valence-electron chi connectivity index (χ3n) is 3.37. The molecule has 0 amide bonds. The average Bonchev–Trinajstić information content (AvgIpc) is 2.60. The first kappa shape index (κ1) is 14.9. The summed E-state index contributed by atoms with van der Waals surface area (Å²) in [5.41, 5.74) is 9.27. The minimum atomic E-state index is 0.557. The first-order chi connectivity index (χ1) is 11.2. The molecular formula is C17H18N6. The summed E-state index contributed by atoms with van der Waals surface area (Å²) in [6.07, 6.45) is 6.01. The van der Waals surface area contributed by atoms with E-state index in [0.717, 1.165) is 29.2 Å². The maximum Gasteiger partial charge on any atom is 0.161 e. The molecule has 0 bridgehead atoms. The number of rotatable bonds is 5. The van der Waals surface area contributed by atoms with Gasteiger partial charge in [-0.15, -0.1) is 0 Å². The van der Waals surface area contributed by atoms with Crippen LogP contribution >= 0.6 is 0 Å². The van der Waals surface area contributed by atoms with E-state index in [-0.39, 0.29) is 0 Å². The Bertz CT molecular complexity index is 788. The fourth-order valence-electron chi connectivity index (χ4n) is 2.17. The van der Waals surface area contributed by atoms with Gasteiger partial charge in [0.05, 0.1) is 12.2 Å². The van der Waals surface area contributed by atoms with Crippen LogP contribution in [0, 0.1) is 0 Å². The largest absolute Gasteiger partial charge is 0.399 e. The van der Waals surface area contributed by atoms with Crippen molar-refractivity contribution in [3.63, 3.8) is 0 Å². The van der Waals surface area contributed by atoms with E-state index in [9.17, 15) is 0 Å². The van der Waals surface area contributed by atoms with Gasteiger partial charge in [-0.25, -0.2) is 9.97 Å². The fourth-order valence-corrected chi connectivity index (χ4v) is 2.17. The summed E-state index contributed by atoms with van der Waals surface area (Å²) >= 11 is 0. The lowest BCUT2D eigenvalue weighted by Gasteiger charge is -2.09. The Kier molecular flexibility index (Phi) is 4.42. The van der Waals surface area contributed by atoms with Gasteiger partial charge in [-0.05, 0) is 30.7 Å². The maximum absolute atomic E-state index is 5.77. The predicted octanol–water partition coefficient (Wildman–Crippen LogP) is 2.69. The van der Waals surface area contributed by atoms with Crippen molar-refractivity contribution < 1.29 is 0 Å². The molecule has 116 valence electrons. The lowest BCUT2D eigenvalue weighted by molar-refractivity contribution is 0.980. The fraction of sp³-hybridized carbons (Fsp3) is 0.176. The molecule has 0 fully saturated rings. The number of nitrogens with one attached hydrogen (secondary N) is 1. The second-order valence-electron chi connectivity index (χ2n) is 5.09. The van der Waals surface area contributed by atoms with Crippen LogP contribution < -0.4 is 11.1 Å². The van der Waals surface area contributed by atoms with Gasteiger partial charge in [0.1, 0.15) is 5.82 Å². The molecule has 0 aromatic carbocycles. The van der Waals surface area contributed by atoms with E-state index in [2.05, 4.69) is 32.2 Å². The molecule has 0 aliphatic heterocycles. The summed E-state index contributed by atoms with van der Waals surface area (Å²) in [6.45, 7) is 2.63. The zero-order valence-corrected chi connectivity index (χ0v) is 12.9. The molecule has 3 aromatic heterocycles. The summed E-state index contributed by atoms with van der Waals surface area (Å²) < 4.78 is 0. The van der Waals surface area contributed by atoms with E-state index >= 15 is 0 Å². The van der Waals surface area contributed by atoms with Gasteiger partial charge in [0.25, 0.3) is 0 Å². The molecule has 0 atom stereocenters. The SMILES string of the molecule is CCc1cc(NCc2cc(N)ccn2)nc(-c2ccncc2)n1. The van der Waals surface area contributed by atoms with Crippen molar-refractivity contribution in [2.75, 3.05) is 11.1 Å². The monoisotopic (exact) mass is 306 g/mol. The molecule has 3 aromatic rings. The second-order valence-corrected chi connectivity index (χ2v) is 5.09. The Balaban J connectivity index is 1.84. The van der Waals surface area contributed by atoms with Crippen LogP contribution in [-0.4, -0.2) is 19.9 Å². The molecule has 0 spiro atoms. The van der Waals surface area contributed by atoms with Crippen molar-refractivity contribution in [2.45, 2.75) is 19.9 Å². The third kappa shape index (κ3) is 3.79. The van der Waals surface area contributed by atoms with E-state index in [4.69, 9.17) is 5.73 Å². The summed E-state index contributed by atoms with van der Waals surface area (Å²) in [6, 6.07) is 9.37. The number of nitrogens with two attached hydrogens (primary N) is 1. The van der Waals surface area contributed by atoms with Gasteiger partial charge in [0.15, 0.2) is 5.82 Å². The lowest BCUT2D eigenvalue weighted by atomic mass is 10.2. The summed E-state index contributed by atoms with van der Waals surface area (Å²) in [4.78, 5) is 17.5. The molecule has 23 heavy (non-hydrogen) atoms. The molecule has 0 aliphatic carbocycles. The Morgan fingerprint density at radius 1 is 1.00 bits per heavy atom. The molecule has 0 unspecified atom stereocenters. The molecular weight excluding hydrogens is 288 g/mol. The van der Waals surface area contributed by atoms with Crippen LogP contribution in [0.3, 0.4) is 0 Å². The Morgan fingerprint density at radius 3 is 2.57 bits per heavy atom. The van der Waals surface area contributed by atoms with Crippen molar-refractivity contribution in [3.8, 4) is 11.4 Å². The van der Waals surface area contributed by atoms with Crippen LogP contribution in [0.1, 0.15) is 18.3 Å². The first-order valence-corrected chi connectivity index (χ1v) is 7.47. The van der Waals surface area contributed by atoms with E-state index in [1.165, 1.54) is 0 Å². The Labute approximate surface area is 134 Å². The second kappa shape index (κ2) is 6.83. The van der Waals surface area contributed by atoms with Crippen molar-refractivity contribution in [1.29, 1.82) is 0 Å². The van der Waals surface area contributed by atoms with Crippen LogP contribution in [-0.2, 0) is 13.0 Å². The predicted molar refractivity (Wildman–Crippen MR) is 90.6 cm³/mol. The zero-order chi connectivity index (χ0) is 16.1. The highest BCUT2D eigenvalue weighted by Gasteiger charge is 2.06. The quantitative estimate of drug-likeness (QED) is 0.753. The zero-order valence-electron chi connectivity index (χ0n) is 12.9. The Morgan fingerprint density at radius 2 is 1.83 bits per heavy atom. The number of pyridine rings is 2. The van der Waals surface area contributed by atoms with E-state index < -0.39 is 0 Å². The van der Waals surface area contributed by atoms with Gasteiger partial charge in [-0.3, -0.25) is 9.97 Å². The number of anilines is 2. The number of nitrogens with zero attached hydrogens (tertiary/aromatic N) is 4. The van der Waals surface area contributed by atoms with Gasteiger partial charge in [-0.1, -0.05) is 6.92 Å². The topological polar surface area (TPSA) is 89.6 Å². The van der Waals surface area contributed by atoms with Gasteiger partial charge >= 0.3 is 0 Å². The summed E-state index contributed by atoms with van der Waals surface area (Å²) in [5.74, 6) is 1.46. The average molecular weight is 306 g/mol. The molecule has 3 N–H and O–H groups in total. The summed E-state index contributed by atoms with van der Waals surface area (Å²) in [7, 11) is 0. The molecule has 0 radical (unpaired) electrons. The van der Waals surface area contributed by atoms with Crippen LogP contribution in [0.4, 0.5) is 11.5 Å². The Hall–Kier alpha value is -3.02. The lowest BCUT2D eigenvalue weighted by Crippen LogP contribution is -2.06. The van der Waals surface area contributed by atoms with Crippen molar-refractivity contribution in [1.82, 2.24) is 19.9 Å². The molecule has 3 heterocycles. The third-order valence-corrected chi connectivity index (χ3v) is 3.37. The molecule has 0 aliphatic rings. The highest BCUT2D eigenvalue weighted by Crippen LogP contribution is 2.18. The number of aromatic nitrogens is 4. The van der Waals surface area contributed by atoms with Crippen LogP contribution in [0.5, 0.6) is 0 Å². The van der Waals surface area contributed by atoms with Crippen molar-refractivity contribution in [3.05, 3.63) is 60.3 Å². The van der Waals surface area contributed by atoms with Crippen LogP contribution in [0.25, 0.3) is 11.4 Å². The maximum atomic E-state index is 5.77. The number of hydrogen-bond acceptors (Lipinski definition) is 6. The number of aryl methyl sites for hydroxylation is 1. The minimum Gasteiger partial charge on any atom is -0.399 e.